The molecule has 0 atom stereocenters. The van der Waals surface area contributed by atoms with E-state index in [1.54, 1.807) is 0 Å². The SMILES string of the molecule is Cc1c(S(C)(=O)(F)Cl)c(C#N)nn1-c1c(F)cc(C(F)(F)F)cc1Cl. The Morgan fingerprint density at radius 2 is 1.92 bits per heavy atom. The summed E-state index contributed by atoms with van der Waals surface area (Å²) < 4.78 is 79.2. The minimum atomic E-state index is -5.47. The maximum atomic E-state index is 14.3. The molecule has 136 valence electrons. The molecular formula is C13H8Cl2F5N3OS. The molecule has 1 aromatic heterocycles. The van der Waals surface area contributed by atoms with E-state index in [0.717, 1.165) is 6.92 Å². The van der Waals surface area contributed by atoms with E-state index < -0.39 is 47.5 Å². The summed E-state index contributed by atoms with van der Waals surface area (Å²) in [5.41, 5.74) is -3.05. The molecule has 0 N–H and O–H groups in total. The van der Waals surface area contributed by atoms with Gasteiger partial charge in [0.1, 0.15) is 25.3 Å². The average Bonchev–Trinajstić information content (AvgIpc) is 2.73. The van der Waals surface area contributed by atoms with E-state index >= 15 is 0 Å². The third-order valence-corrected chi connectivity index (χ3v) is 5.29. The summed E-state index contributed by atoms with van der Waals surface area (Å²) in [5, 5.41) is 11.9. The molecule has 1 heterocycles. The number of rotatable bonds is 2. The number of benzene rings is 1. The van der Waals surface area contributed by atoms with Crippen LogP contribution in [0.5, 0.6) is 0 Å². The monoisotopic (exact) mass is 419 g/mol. The molecule has 0 amide bonds. The quantitative estimate of drug-likeness (QED) is 0.523. The van der Waals surface area contributed by atoms with Gasteiger partial charge in [0.15, 0.2) is 11.5 Å². The summed E-state index contributed by atoms with van der Waals surface area (Å²) >= 11 is 5.72. The minimum absolute atomic E-state index is 0.172. The van der Waals surface area contributed by atoms with Crippen LogP contribution in [0, 0.1) is 24.1 Å². The first-order valence-electron chi connectivity index (χ1n) is 6.28. The van der Waals surface area contributed by atoms with Crippen molar-refractivity contribution < 1.29 is 25.7 Å². The summed E-state index contributed by atoms with van der Waals surface area (Å²) in [5.74, 6) is -1.42. The average molecular weight is 420 g/mol. The Balaban J connectivity index is 2.83. The first-order chi connectivity index (χ1) is 11.1. The molecule has 0 saturated heterocycles. The standard InChI is InChI=1S/C13H8Cl2F5N3OS/c1-6-12(25(2,15,20)24)10(5-21)22-23(6)11-8(14)3-7(4-9(11)16)13(17,18)19/h3-4H,1-2H3. The molecule has 4 nitrogen and oxygen atoms in total. The Labute approximate surface area is 147 Å². The smallest absolute Gasteiger partial charge is 0.233 e. The van der Waals surface area contributed by atoms with E-state index in [4.69, 9.17) is 27.5 Å². The van der Waals surface area contributed by atoms with Crippen molar-refractivity contribution in [2.75, 3.05) is 6.26 Å². The van der Waals surface area contributed by atoms with E-state index in [0.29, 0.717) is 17.0 Å². The highest BCUT2D eigenvalue weighted by molar-refractivity contribution is 8.34. The van der Waals surface area contributed by atoms with Gasteiger partial charge < -0.3 is 0 Å². The van der Waals surface area contributed by atoms with Crippen molar-refractivity contribution in [2.24, 2.45) is 0 Å². The highest BCUT2D eigenvalue weighted by Crippen LogP contribution is 2.44. The molecule has 0 aliphatic heterocycles. The van der Waals surface area contributed by atoms with Crippen molar-refractivity contribution in [3.05, 3.63) is 39.9 Å². The van der Waals surface area contributed by atoms with E-state index in [-0.39, 0.29) is 11.8 Å². The topological polar surface area (TPSA) is 58.7 Å². The third kappa shape index (κ3) is 3.63. The Morgan fingerprint density at radius 1 is 1.36 bits per heavy atom. The van der Waals surface area contributed by atoms with Gasteiger partial charge in [-0.2, -0.15) is 23.5 Å². The number of hydrogen-bond acceptors (Lipinski definition) is 3. The lowest BCUT2D eigenvalue weighted by atomic mass is 10.2. The molecular weight excluding hydrogens is 412 g/mol. The first kappa shape index (κ1) is 19.6. The van der Waals surface area contributed by atoms with Gasteiger partial charge in [-0.05, 0) is 29.7 Å². The van der Waals surface area contributed by atoms with Gasteiger partial charge in [0.2, 0.25) is 0 Å². The summed E-state index contributed by atoms with van der Waals surface area (Å²) in [4.78, 5) is -0.781. The highest BCUT2D eigenvalue weighted by Gasteiger charge is 2.39. The van der Waals surface area contributed by atoms with Crippen LogP contribution in [0.15, 0.2) is 17.0 Å². The van der Waals surface area contributed by atoms with Crippen LogP contribution in [0.3, 0.4) is 0 Å². The molecule has 1 aromatic carbocycles. The number of nitriles is 1. The first-order valence-corrected chi connectivity index (χ1v) is 9.76. The third-order valence-electron chi connectivity index (χ3n) is 3.17. The van der Waals surface area contributed by atoms with Crippen LogP contribution in [0.25, 0.3) is 5.69 Å². The number of aromatic nitrogens is 2. The number of hydrogen-bond donors (Lipinski definition) is 0. The fourth-order valence-corrected chi connectivity index (χ4v) is 4.31. The summed E-state index contributed by atoms with van der Waals surface area (Å²) in [6, 6.07) is 2.08. The molecule has 2 rings (SSSR count). The van der Waals surface area contributed by atoms with Crippen molar-refractivity contribution in [3.63, 3.8) is 0 Å². The van der Waals surface area contributed by atoms with Crippen LogP contribution in [0.2, 0.25) is 5.02 Å². The summed E-state index contributed by atoms with van der Waals surface area (Å²) in [6.07, 6.45) is -4.32. The molecule has 0 radical (unpaired) electrons. The van der Waals surface area contributed by atoms with Crippen LogP contribution in [-0.4, -0.2) is 20.2 Å². The lowest BCUT2D eigenvalue weighted by molar-refractivity contribution is -0.137. The number of alkyl halides is 3. The van der Waals surface area contributed by atoms with Gasteiger partial charge >= 0.3 is 6.18 Å². The molecule has 12 heteroatoms. The zero-order valence-electron chi connectivity index (χ0n) is 12.5. The predicted octanol–water partition coefficient (Wildman–Crippen LogP) is 4.71. The van der Waals surface area contributed by atoms with E-state index in [2.05, 4.69) is 5.10 Å². The van der Waals surface area contributed by atoms with Crippen LogP contribution in [0.4, 0.5) is 21.4 Å². The molecule has 25 heavy (non-hydrogen) atoms. The Bertz CT molecular complexity index is 953. The second-order valence-corrected chi connectivity index (χ2v) is 10.3. The Morgan fingerprint density at radius 3 is 2.28 bits per heavy atom. The lowest BCUT2D eigenvalue weighted by Crippen LogP contribution is -2.18. The molecule has 0 fully saturated rings. The van der Waals surface area contributed by atoms with Gasteiger partial charge in [-0.1, -0.05) is 11.6 Å². The summed E-state index contributed by atoms with van der Waals surface area (Å²) in [6.45, 7) is 1.12. The second-order valence-electron chi connectivity index (χ2n) is 5.17. The molecule has 0 bridgehead atoms. The van der Waals surface area contributed by atoms with Gasteiger partial charge in [0.05, 0.1) is 16.3 Å². The van der Waals surface area contributed by atoms with Crippen molar-refractivity contribution >= 4 is 30.9 Å². The van der Waals surface area contributed by atoms with Crippen LogP contribution < -0.4 is 0 Å². The Kier molecular flexibility index (Phi) is 4.44. The molecule has 0 saturated carbocycles. The highest BCUT2D eigenvalue weighted by atomic mass is 35.7. The largest absolute Gasteiger partial charge is 0.416 e. The summed E-state index contributed by atoms with van der Waals surface area (Å²) in [7, 11) is -0.0953. The van der Waals surface area contributed by atoms with Crippen LogP contribution >= 0.6 is 22.3 Å². The van der Waals surface area contributed by atoms with Crippen molar-refractivity contribution in [1.82, 2.24) is 9.78 Å². The molecule has 0 spiro atoms. The van der Waals surface area contributed by atoms with E-state index in [1.807, 2.05) is 0 Å². The maximum Gasteiger partial charge on any atom is 0.416 e. The molecule has 2 aromatic rings. The van der Waals surface area contributed by atoms with Gasteiger partial charge in [-0.3, -0.25) is 0 Å². The van der Waals surface area contributed by atoms with Crippen molar-refractivity contribution in [2.45, 2.75) is 18.0 Å². The van der Waals surface area contributed by atoms with E-state index in [9.17, 15) is 25.7 Å². The number of halogens is 7. The molecule has 0 aliphatic rings. The normalized spacial score (nSPS) is 14.0. The fourth-order valence-electron chi connectivity index (χ4n) is 2.24. The zero-order valence-corrected chi connectivity index (χ0v) is 14.8. The lowest BCUT2D eigenvalue weighted by Gasteiger charge is -2.20. The Hall–Kier alpha value is -1.70. The molecule has 0 unspecified atom stereocenters. The van der Waals surface area contributed by atoms with Gasteiger partial charge in [-0.25, -0.2) is 13.3 Å². The van der Waals surface area contributed by atoms with Crippen molar-refractivity contribution in [3.8, 4) is 11.8 Å². The second kappa shape index (κ2) is 5.65. The van der Waals surface area contributed by atoms with Gasteiger partial charge in [0, 0.05) is 6.26 Å². The minimum Gasteiger partial charge on any atom is -0.233 e. The van der Waals surface area contributed by atoms with Gasteiger partial charge in [-0.15, -0.1) is 3.89 Å². The van der Waals surface area contributed by atoms with Gasteiger partial charge in [0.25, 0.3) is 0 Å². The van der Waals surface area contributed by atoms with Crippen LogP contribution in [0.1, 0.15) is 17.0 Å². The zero-order chi connectivity index (χ0) is 19.4. The maximum absolute atomic E-state index is 14.3. The fraction of sp³-hybridized carbons (Fsp3) is 0.231. The number of nitrogens with zero attached hydrogens (tertiary/aromatic N) is 3. The molecule has 0 aliphatic carbocycles. The predicted molar refractivity (Wildman–Crippen MR) is 82.3 cm³/mol. The van der Waals surface area contributed by atoms with E-state index in [1.165, 1.54) is 6.07 Å². The van der Waals surface area contributed by atoms with Crippen molar-refractivity contribution in [1.29, 1.82) is 5.26 Å². The van der Waals surface area contributed by atoms with Crippen LogP contribution in [-0.2, 0) is 14.8 Å².